The molecule has 0 bridgehead atoms. The van der Waals surface area contributed by atoms with Crippen LogP contribution < -0.4 is 0 Å². The van der Waals surface area contributed by atoms with Crippen LogP contribution >= 0.6 is 0 Å². The number of hydrogen-bond donors (Lipinski definition) is 0. The number of fused-ring (bicyclic) bond motifs is 11. The molecule has 9 aromatic carbocycles. The number of rotatable bonds is 4. The molecular formula is C52H35N3. The van der Waals surface area contributed by atoms with Gasteiger partial charge >= 0.3 is 0 Å². The molecule has 0 spiro atoms. The SMILES string of the molecule is CC1(C)c2ccccc2-c2ccc(-c3nc(-c4ccccc4)nc(-c4cccc(-c5ccc6c7ccccc7c7c8ccccc8ccc7c6c5)c4)n3)cc21. The summed E-state index contributed by atoms with van der Waals surface area (Å²) in [6.45, 7) is 4.61. The summed E-state index contributed by atoms with van der Waals surface area (Å²) in [6.07, 6.45) is 0. The van der Waals surface area contributed by atoms with Crippen LogP contribution in [0.25, 0.3) is 99.5 Å². The van der Waals surface area contributed by atoms with Crippen molar-refractivity contribution in [1.29, 1.82) is 0 Å². The van der Waals surface area contributed by atoms with Gasteiger partial charge in [-0.05, 0) is 94.7 Å². The van der Waals surface area contributed by atoms with Gasteiger partial charge in [-0.2, -0.15) is 0 Å². The monoisotopic (exact) mass is 701 g/mol. The van der Waals surface area contributed by atoms with Gasteiger partial charge in [0.25, 0.3) is 0 Å². The third kappa shape index (κ3) is 4.93. The summed E-state index contributed by atoms with van der Waals surface area (Å²) in [6, 6.07) is 63.2. The smallest absolute Gasteiger partial charge is 0.164 e. The Balaban J connectivity index is 1.07. The average Bonchev–Trinajstić information content (AvgIpc) is 3.48. The van der Waals surface area contributed by atoms with E-state index in [2.05, 4.69) is 172 Å². The Morgan fingerprint density at radius 2 is 0.873 bits per heavy atom. The topological polar surface area (TPSA) is 38.7 Å². The standard InChI is InChI=1S/C52H35N3/c1-52(2)46-22-11-10-20-41(46)42-27-25-37(31-47(42)52)51-54-49(33-14-4-3-5-15-33)53-50(55-51)36-17-12-16-34(29-36)35-24-26-40-39-19-8-9-21-43(39)48-38-18-7-6-13-32(38)23-28-44(48)45(40)30-35/h3-31H,1-2H3. The molecule has 0 amide bonds. The molecule has 0 N–H and O–H groups in total. The van der Waals surface area contributed by atoms with Crippen LogP contribution in [0.1, 0.15) is 25.0 Å². The van der Waals surface area contributed by atoms with Crippen molar-refractivity contribution in [1.82, 2.24) is 15.0 Å². The lowest BCUT2D eigenvalue weighted by Crippen LogP contribution is -2.15. The first-order chi connectivity index (χ1) is 27.0. The molecular weight excluding hydrogens is 667 g/mol. The molecule has 1 aliphatic carbocycles. The van der Waals surface area contributed by atoms with Gasteiger partial charge in [-0.15, -0.1) is 0 Å². The van der Waals surface area contributed by atoms with Crippen LogP contribution in [-0.2, 0) is 5.41 Å². The third-order valence-corrected chi connectivity index (χ3v) is 11.7. The molecule has 3 heteroatoms. The summed E-state index contributed by atoms with van der Waals surface area (Å²) in [5.41, 5.74) is 10.2. The van der Waals surface area contributed by atoms with Gasteiger partial charge in [0.05, 0.1) is 0 Å². The van der Waals surface area contributed by atoms with Crippen molar-refractivity contribution < 1.29 is 0 Å². The second-order valence-corrected chi connectivity index (χ2v) is 15.2. The summed E-state index contributed by atoms with van der Waals surface area (Å²) in [7, 11) is 0. The van der Waals surface area contributed by atoms with Crippen molar-refractivity contribution in [3.05, 3.63) is 187 Å². The molecule has 0 aliphatic heterocycles. The minimum Gasteiger partial charge on any atom is -0.208 e. The number of nitrogens with zero attached hydrogens (tertiary/aromatic N) is 3. The zero-order chi connectivity index (χ0) is 36.7. The van der Waals surface area contributed by atoms with Crippen LogP contribution in [0, 0.1) is 0 Å². The third-order valence-electron chi connectivity index (χ3n) is 11.7. The van der Waals surface area contributed by atoms with Crippen LogP contribution in [0.4, 0.5) is 0 Å². The van der Waals surface area contributed by atoms with E-state index in [1.165, 1.54) is 65.3 Å². The fraction of sp³-hybridized carbons (Fsp3) is 0.0577. The first-order valence-electron chi connectivity index (χ1n) is 18.9. The van der Waals surface area contributed by atoms with E-state index >= 15 is 0 Å². The minimum atomic E-state index is -0.126. The molecule has 258 valence electrons. The van der Waals surface area contributed by atoms with Crippen molar-refractivity contribution in [2.75, 3.05) is 0 Å². The van der Waals surface area contributed by atoms with Crippen molar-refractivity contribution in [2.45, 2.75) is 19.3 Å². The van der Waals surface area contributed by atoms with Crippen LogP contribution in [-0.4, -0.2) is 15.0 Å². The Labute approximate surface area is 319 Å². The van der Waals surface area contributed by atoms with E-state index in [0.717, 1.165) is 27.8 Å². The van der Waals surface area contributed by atoms with Crippen LogP contribution in [0.3, 0.4) is 0 Å². The fourth-order valence-electron chi connectivity index (χ4n) is 8.94. The second-order valence-electron chi connectivity index (χ2n) is 15.2. The second kappa shape index (κ2) is 12.0. The van der Waals surface area contributed by atoms with E-state index in [0.29, 0.717) is 17.5 Å². The molecule has 0 fully saturated rings. The van der Waals surface area contributed by atoms with Crippen LogP contribution in [0.2, 0.25) is 0 Å². The van der Waals surface area contributed by atoms with Gasteiger partial charge in [0.1, 0.15) is 0 Å². The van der Waals surface area contributed by atoms with Crippen LogP contribution in [0.15, 0.2) is 176 Å². The molecule has 11 rings (SSSR count). The van der Waals surface area contributed by atoms with Crippen molar-refractivity contribution >= 4 is 43.1 Å². The average molecular weight is 702 g/mol. The maximum Gasteiger partial charge on any atom is 0.164 e. The zero-order valence-corrected chi connectivity index (χ0v) is 30.6. The Bertz CT molecular complexity index is 3180. The van der Waals surface area contributed by atoms with Gasteiger partial charge < -0.3 is 0 Å². The zero-order valence-electron chi connectivity index (χ0n) is 30.6. The highest BCUT2D eigenvalue weighted by molar-refractivity contribution is 6.31. The molecule has 55 heavy (non-hydrogen) atoms. The largest absolute Gasteiger partial charge is 0.208 e. The molecule has 0 saturated carbocycles. The predicted octanol–water partition coefficient (Wildman–Crippen LogP) is 13.5. The summed E-state index contributed by atoms with van der Waals surface area (Å²) >= 11 is 0. The molecule has 0 saturated heterocycles. The molecule has 0 unspecified atom stereocenters. The molecule has 0 atom stereocenters. The molecule has 1 aliphatic rings. The van der Waals surface area contributed by atoms with Crippen molar-refractivity contribution in [3.8, 4) is 56.4 Å². The molecule has 1 heterocycles. The van der Waals surface area contributed by atoms with Gasteiger partial charge in [0, 0.05) is 22.1 Å². The Morgan fingerprint density at radius 3 is 1.71 bits per heavy atom. The first-order valence-corrected chi connectivity index (χ1v) is 18.9. The highest BCUT2D eigenvalue weighted by Crippen LogP contribution is 2.49. The van der Waals surface area contributed by atoms with Crippen LogP contribution in [0.5, 0.6) is 0 Å². The number of hydrogen-bond acceptors (Lipinski definition) is 3. The quantitative estimate of drug-likeness (QED) is 0.171. The van der Waals surface area contributed by atoms with Gasteiger partial charge in [-0.25, -0.2) is 15.0 Å². The summed E-state index contributed by atoms with van der Waals surface area (Å²) in [4.78, 5) is 15.4. The summed E-state index contributed by atoms with van der Waals surface area (Å²) in [5, 5.41) is 10.2. The van der Waals surface area contributed by atoms with Gasteiger partial charge in [-0.3, -0.25) is 0 Å². The van der Waals surface area contributed by atoms with E-state index in [-0.39, 0.29) is 5.41 Å². The normalized spacial score (nSPS) is 13.1. The summed E-state index contributed by atoms with van der Waals surface area (Å²) < 4.78 is 0. The fourth-order valence-corrected chi connectivity index (χ4v) is 8.94. The molecule has 10 aromatic rings. The van der Waals surface area contributed by atoms with Gasteiger partial charge in [0.2, 0.25) is 0 Å². The lowest BCUT2D eigenvalue weighted by atomic mass is 9.82. The van der Waals surface area contributed by atoms with E-state index < -0.39 is 0 Å². The lowest BCUT2D eigenvalue weighted by Gasteiger charge is -2.21. The Morgan fingerprint density at radius 1 is 0.327 bits per heavy atom. The van der Waals surface area contributed by atoms with E-state index in [1.54, 1.807) is 0 Å². The molecule has 1 aromatic heterocycles. The van der Waals surface area contributed by atoms with Crippen molar-refractivity contribution in [2.24, 2.45) is 0 Å². The maximum atomic E-state index is 5.19. The highest BCUT2D eigenvalue weighted by Gasteiger charge is 2.35. The predicted molar refractivity (Wildman–Crippen MR) is 229 cm³/mol. The Hall–Kier alpha value is -6.97. The number of aromatic nitrogens is 3. The van der Waals surface area contributed by atoms with E-state index in [1.807, 2.05) is 18.2 Å². The van der Waals surface area contributed by atoms with Gasteiger partial charge in [0.15, 0.2) is 17.5 Å². The van der Waals surface area contributed by atoms with E-state index in [4.69, 9.17) is 15.0 Å². The maximum absolute atomic E-state index is 5.19. The molecule has 3 nitrogen and oxygen atoms in total. The van der Waals surface area contributed by atoms with E-state index in [9.17, 15) is 0 Å². The van der Waals surface area contributed by atoms with Crippen molar-refractivity contribution in [3.63, 3.8) is 0 Å². The Kier molecular flexibility index (Phi) is 6.90. The lowest BCUT2D eigenvalue weighted by molar-refractivity contribution is 0.660. The number of benzene rings is 9. The minimum absolute atomic E-state index is 0.126. The summed E-state index contributed by atoms with van der Waals surface area (Å²) in [5.74, 6) is 1.97. The highest BCUT2D eigenvalue weighted by atomic mass is 15.0. The van der Waals surface area contributed by atoms with Gasteiger partial charge in [-0.1, -0.05) is 172 Å². The first kappa shape index (κ1) is 31.5. The molecule has 0 radical (unpaired) electrons.